The van der Waals surface area contributed by atoms with E-state index in [1.54, 1.807) is 18.2 Å². The molecule has 0 atom stereocenters. The summed E-state index contributed by atoms with van der Waals surface area (Å²) in [5.41, 5.74) is -0.321. The van der Waals surface area contributed by atoms with Gasteiger partial charge in [-0.15, -0.1) is 0 Å². The number of aromatic nitrogens is 2. The second kappa shape index (κ2) is 5.24. The van der Waals surface area contributed by atoms with Gasteiger partial charge < -0.3 is 4.98 Å². The lowest BCUT2D eigenvalue weighted by Crippen LogP contribution is -2.12. The largest absolute Gasteiger partial charge is 0.433 e. The summed E-state index contributed by atoms with van der Waals surface area (Å²) in [6, 6.07) is 8.54. The molecule has 0 aliphatic rings. The van der Waals surface area contributed by atoms with Crippen LogP contribution in [0.25, 0.3) is 10.9 Å². The zero-order chi connectivity index (χ0) is 15.9. The third kappa shape index (κ3) is 2.64. The molecule has 0 amide bonds. The highest BCUT2D eigenvalue weighted by Crippen LogP contribution is 2.28. The van der Waals surface area contributed by atoms with Gasteiger partial charge in [0.05, 0.1) is 0 Å². The van der Waals surface area contributed by atoms with E-state index in [1.807, 2.05) is 0 Å². The van der Waals surface area contributed by atoms with Crippen LogP contribution in [-0.2, 0) is 6.18 Å². The van der Waals surface area contributed by atoms with Gasteiger partial charge in [0.1, 0.15) is 11.4 Å². The van der Waals surface area contributed by atoms with E-state index >= 15 is 0 Å². The molecule has 2 heterocycles. The Morgan fingerprint density at radius 3 is 2.68 bits per heavy atom. The molecule has 1 aromatic carbocycles. The number of benzene rings is 1. The van der Waals surface area contributed by atoms with Gasteiger partial charge in [0.15, 0.2) is 0 Å². The third-order valence-corrected chi connectivity index (χ3v) is 3.65. The van der Waals surface area contributed by atoms with Crippen LogP contribution >= 0.6 is 15.9 Å². The molecule has 3 rings (SSSR count). The number of pyridine rings is 1. The standard InChI is InChI=1S/C15H8BrF3N2O/c16-8-4-5-9-10(7-20-12(9)6-8)14(22)11-2-1-3-13(21-11)15(17,18)19/h1-7,20H. The predicted octanol–water partition coefficient (Wildman–Crippen LogP) is 4.58. The van der Waals surface area contributed by atoms with E-state index < -0.39 is 17.7 Å². The Bertz CT molecular complexity index is 871. The number of nitrogens with zero attached hydrogens (tertiary/aromatic N) is 1. The van der Waals surface area contributed by atoms with Crippen molar-refractivity contribution in [3.8, 4) is 0 Å². The van der Waals surface area contributed by atoms with Gasteiger partial charge in [0.2, 0.25) is 5.78 Å². The van der Waals surface area contributed by atoms with Crippen molar-refractivity contribution in [2.24, 2.45) is 0 Å². The fourth-order valence-corrected chi connectivity index (χ4v) is 2.50. The van der Waals surface area contributed by atoms with Gasteiger partial charge >= 0.3 is 6.18 Å². The van der Waals surface area contributed by atoms with Gasteiger partial charge in [0, 0.05) is 27.1 Å². The van der Waals surface area contributed by atoms with Gasteiger partial charge in [0.25, 0.3) is 0 Å². The highest BCUT2D eigenvalue weighted by atomic mass is 79.9. The molecule has 22 heavy (non-hydrogen) atoms. The maximum absolute atomic E-state index is 12.7. The van der Waals surface area contributed by atoms with E-state index in [-0.39, 0.29) is 11.3 Å². The van der Waals surface area contributed by atoms with Gasteiger partial charge in [-0.1, -0.05) is 28.1 Å². The zero-order valence-corrected chi connectivity index (χ0v) is 12.5. The number of aromatic amines is 1. The Kier molecular flexibility index (Phi) is 3.52. The van der Waals surface area contributed by atoms with Crippen LogP contribution in [-0.4, -0.2) is 15.8 Å². The van der Waals surface area contributed by atoms with E-state index in [2.05, 4.69) is 25.9 Å². The Balaban J connectivity index is 2.06. The number of carbonyl (C=O) groups excluding carboxylic acids is 1. The molecule has 112 valence electrons. The number of hydrogen-bond acceptors (Lipinski definition) is 2. The molecule has 0 aliphatic carbocycles. The number of rotatable bonds is 2. The molecule has 0 saturated heterocycles. The molecule has 0 fully saturated rings. The zero-order valence-electron chi connectivity index (χ0n) is 10.9. The van der Waals surface area contributed by atoms with E-state index in [0.717, 1.165) is 10.5 Å². The minimum atomic E-state index is -4.58. The van der Waals surface area contributed by atoms with Crippen molar-refractivity contribution in [3.63, 3.8) is 0 Å². The molecule has 1 N–H and O–H groups in total. The Hall–Kier alpha value is -2.15. The average Bonchev–Trinajstić information content (AvgIpc) is 2.88. The molecule has 0 aliphatic heterocycles. The van der Waals surface area contributed by atoms with E-state index in [0.29, 0.717) is 10.9 Å². The second-order valence-corrected chi connectivity index (χ2v) is 5.54. The first kappa shape index (κ1) is 14.8. The smallest absolute Gasteiger partial charge is 0.360 e. The Morgan fingerprint density at radius 2 is 1.95 bits per heavy atom. The molecule has 0 saturated carbocycles. The van der Waals surface area contributed by atoms with Crippen molar-refractivity contribution < 1.29 is 18.0 Å². The second-order valence-electron chi connectivity index (χ2n) is 4.63. The van der Waals surface area contributed by atoms with Gasteiger partial charge in [-0.3, -0.25) is 4.79 Å². The van der Waals surface area contributed by atoms with Crippen LogP contribution in [0.1, 0.15) is 21.7 Å². The topological polar surface area (TPSA) is 45.8 Å². The van der Waals surface area contributed by atoms with Crippen LogP contribution in [0.2, 0.25) is 0 Å². The molecule has 0 spiro atoms. The van der Waals surface area contributed by atoms with Crippen molar-refractivity contribution in [2.45, 2.75) is 6.18 Å². The van der Waals surface area contributed by atoms with Crippen LogP contribution in [0.15, 0.2) is 47.1 Å². The molecule has 0 radical (unpaired) electrons. The molecular formula is C15H8BrF3N2O. The van der Waals surface area contributed by atoms with Gasteiger partial charge in [-0.2, -0.15) is 13.2 Å². The SMILES string of the molecule is O=C(c1cccc(C(F)(F)F)n1)c1c[nH]c2cc(Br)ccc12. The number of ketones is 1. The van der Waals surface area contributed by atoms with E-state index in [4.69, 9.17) is 0 Å². The van der Waals surface area contributed by atoms with Crippen molar-refractivity contribution in [1.29, 1.82) is 0 Å². The molecule has 0 bridgehead atoms. The fraction of sp³-hybridized carbons (Fsp3) is 0.0667. The number of nitrogens with one attached hydrogen (secondary N) is 1. The van der Waals surface area contributed by atoms with Gasteiger partial charge in [-0.05, 0) is 24.3 Å². The summed E-state index contributed by atoms with van der Waals surface area (Å²) in [5.74, 6) is -0.556. The van der Waals surface area contributed by atoms with Crippen molar-refractivity contribution >= 4 is 32.6 Å². The predicted molar refractivity (Wildman–Crippen MR) is 78.7 cm³/mol. The lowest BCUT2D eigenvalue weighted by molar-refractivity contribution is -0.141. The first-order valence-electron chi connectivity index (χ1n) is 6.22. The summed E-state index contributed by atoms with van der Waals surface area (Å²) < 4.78 is 38.9. The molecule has 3 aromatic rings. The fourth-order valence-electron chi connectivity index (χ4n) is 2.14. The lowest BCUT2D eigenvalue weighted by atomic mass is 10.1. The first-order valence-corrected chi connectivity index (χ1v) is 7.01. The van der Waals surface area contributed by atoms with Crippen LogP contribution < -0.4 is 0 Å². The number of hydrogen-bond donors (Lipinski definition) is 1. The van der Waals surface area contributed by atoms with Crippen LogP contribution in [0, 0.1) is 0 Å². The van der Waals surface area contributed by atoms with Crippen LogP contribution in [0.5, 0.6) is 0 Å². The van der Waals surface area contributed by atoms with Gasteiger partial charge in [-0.25, -0.2) is 4.98 Å². The maximum atomic E-state index is 12.7. The van der Waals surface area contributed by atoms with Crippen LogP contribution in [0.3, 0.4) is 0 Å². The minimum Gasteiger partial charge on any atom is -0.360 e. The van der Waals surface area contributed by atoms with E-state index in [9.17, 15) is 18.0 Å². The summed E-state index contributed by atoms with van der Waals surface area (Å²) in [4.78, 5) is 18.8. The van der Waals surface area contributed by atoms with E-state index in [1.165, 1.54) is 18.3 Å². The normalized spacial score (nSPS) is 11.8. The quantitative estimate of drug-likeness (QED) is 0.673. The summed E-state index contributed by atoms with van der Waals surface area (Å²) in [5, 5.41) is 0.632. The molecule has 0 unspecified atom stereocenters. The molecular weight excluding hydrogens is 361 g/mol. The van der Waals surface area contributed by atoms with Crippen molar-refractivity contribution in [1.82, 2.24) is 9.97 Å². The molecule has 2 aromatic heterocycles. The monoisotopic (exact) mass is 368 g/mol. The molecule has 3 nitrogen and oxygen atoms in total. The van der Waals surface area contributed by atoms with Crippen molar-refractivity contribution in [2.75, 3.05) is 0 Å². The number of carbonyl (C=O) groups is 1. The van der Waals surface area contributed by atoms with Crippen LogP contribution in [0.4, 0.5) is 13.2 Å². The minimum absolute atomic E-state index is 0.237. The summed E-state index contributed by atoms with van der Waals surface area (Å²) in [6.07, 6.45) is -3.11. The maximum Gasteiger partial charge on any atom is 0.433 e. The first-order chi connectivity index (χ1) is 10.4. The molecule has 7 heteroatoms. The summed E-state index contributed by atoms with van der Waals surface area (Å²) in [7, 11) is 0. The number of fused-ring (bicyclic) bond motifs is 1. The highest BCUT2D eigenvalue weighted by molar-refractivity contribution is 9.10. The average molecular weight is 369 g/mol. The lowest BCUT2D eigenvalue weighted by Gasteiger charge is -2.06. The highest BCUT2D eigenvalue weighted by Gasteiger charge is 2.33. The number of halogens is 4. The number of H-pyrrole nitrogens is 1. The number of alkyl halides is 3. The third-order valence-electron chi connectivity index (χ3n) is 3.16. The summed E-state index contributed by atoms with van der Waals surface area (Å²) in [6.45, 7) is 0. The Morgan fingerprint density at radius 1 is 1.18 bits per heavy atom. The van der Waals surface area contributed by atoms with Crippen molar-refractivity contribution in [3.05, 3.63) is 64.0 Å². The summed E-state index contributed by atoms with van der Waals surface area (Å²) >= 11 is 3.31. The Labute approximate surface area is 131 Å².